The molecule has 0 saturated heterocycles. The predicted octanol–water partition coefficient (Wildman–Crippen LogP) is 3.82. The molecule has 0 aromatic heterocycles. The van der Waals surface area contributed by atoms with E-state index in [2.05, 4.69) is 0 Å². The number of hydrogen-bond donors (Lipinski definition) is 1. The van der Waals surface area contributed by atoms with Crippen molar-refractivity contribution in [1.82, 2.24) is 0 Å². The van der Waals surface area contributed by atoms with Crippen molar-refractivity contribution in [3.8, 4) is 17.2 Å². The van der Waals surface area contributed by atoms with E-state index in [1.807, 2.05) is 56.3 Å². The number of hydrogen-bond acceptors (Lipinski definition) is 3. The van der Waals surface area contributed by atoms with Crippen LogP contribution in [0.2, 0.25) is 0 Å². The summed E-state index contributed by atoms with van der Waals surface area (Å²) in [6.45, 7) is 3.97. The highest BCUT2D eigenvalue weighted by Crippen LogP contribution is 2.32. The van der Waals surface area contributed by atoms with E-state index < -0.39 is 0 Å². The number of aryl methyl sites for hydroxylation is 1. The van der Waals surface area contributed by atoms with E-state index in [0.29, 0.717) is 5.75 Å². The first-order valence-electron chi connectivity index (χ1n) is 6.28. The van der Waals surface area contributed by atoms with Gasteiger partial charge >= 0.3 is 0 Å². The maximum Gasteiger partial charge on any atom is 0.169 e. The van der Waals surface area contributed by atoms with Crippen LogP contribution in [0.4, 0.5) is 0 Å². The second-order valence-electron chi connectivity index (χ2n) is 4.61. The standard InChI is InChI=1S/C16H19NO2/c1-11-4-9-15(16(10-11)18-3)19-14-7-5-13(6-8-14)12(2)17/h4-10,12H,17H2,1-3H3. The van der Waals surface area contributed by atoms with Gasteiger partial charge in [-0.2, -0.15) is 0 Å². The summed E-state index contributed by atoms with van der Waals surface area (Å²) < 4.78 is 11.1. The summed E-state index contributed by atoms with van der Waals surface area (Å²) in [5, 5.41) is 0. The van der Waals surface area contributed by atoms with Crippen molar-refractivity contribution in [1.29, 1.82) is 0 Å². The third-order valence-electron chi connectivity index (χ3n) is 2.95. The zero-order chi connectivity index (χ0) is 13.8. The summed E-state index contributed by atoms with van der Waals surface area (Å²) in [6.07, 6.45) is 0. The molecule has 3 heteroatoms. The quantitative estimate of drug-likeness (QED) is 0.905. The van der Waals surface area contributed by atoms with E-state index in [0.717, 1.165) is 22.6 Å². The van der Waals surface area contributed by atoms with Gasteiger partial charge in [-0.1, -0.05) is 18.2 Å². The molecular weight excluding hydrogens is 238 g/mol. The van der Waals surface area contributed by atoms with Gasteiger partial charge in [-0.3, -0.25) is 0 Å². The summed E-state index contributed by atoms with van der Waals surface area (Å²) in [5.41, 5.74) is 8.04. The summed E-state index contributed by atoms with van der Waals surface area (Å²) >= 11 is 0. The smallest absolute Gasteiger partial charge is 0.169 e. The molecule has 2 aromatic rings. The lowest BCUT2D eigenvalue weighted by atomic mass is 10.1. The van der Waals surface area contributed by atoms with Crippen molar-refractivity contribution < 1.29 is 9.47 Å². The lowest BCUT2D eigenvalue weighted by molar-refractivity contribution is 0.378. The monoisotopic (exact) mass is 257 g/mol. The Bertz CT molecular complexity index is 547. The normalized spacial score (nSPS) is 12.0. The molecule has 0 aliphatic heterocycles. The van der Waals surface area contributed by atoms with Crippen LogP contribution in [0, 0.1) is 6.92 Å². The van der Waals surface area contributed by atoms with Crippen molar-refractivity contribution in [2.24, 2.45) is 5.73 Å². The van der Waals surface area contributed by atoms with Gasteiger partial charge in [0, 0.05) is 6.04 Å². The second kappa shape index (κ2) is 5.76. The highest BCUT2D eigenvalue weighted by atomic mass is 16.5. The van der Waals surface area contributed by atoms with E-state index >= 15 is 0 Å². The van der Waals surface area contributed by atoms with E-state index in [4.69, 9.17) is 15.2 Å². The van der Waals surface area contributed by atoms with Crippen LogP contribution >= 0.6 is 0 Å². The van der Waals surface area contributed by atoms with Gasteiger partial charge in [-0.15, -0.1) is 0 Å². The minimum atomic E-state index is 0.0305. The van der Waals surface area contributed by atoms with Crippen molar-refractivity contribution in [2.45, 2.75) is 19.9 Å². The van der Waals surface area contributed by atoms with Crippen LogP contribution in [0.15, 0.2) is 42.5 Å². The molecule has 0 bridgehead atoms. The molecule has 19 heavy (non-hydrogen) atoms. The fourth-order valence-corrected chi connectivity index (χ4v) is 1.83. The summed E-state index contributed by atoms with van der Waals surface area (Å²) in [4.78, 5) is 0. The van der Waals surface area contributed by atoms with Gasteiger partial charge in [0.1, 0.15) is 5.75 Å². The number of benzene rings is 2. The fraction of sp³-hybridized carbons (Fsp3) is 0.250. The first-order valence-corrected chi connectivity index (χ1v) is 6.28. The topological polar surface area (TPSA) is 44.5 Å². The number of rotatable bonds is 4. The van der Waals surface area contributed by atoms with Crippen LogP contribution in [-0.4, -0.2) is 7.11 Å². The number of nitrogens with two attached hydrogens (primary N) is 1. The second-order valence-corrected chi connectivity index (χ2v) is 4.61. The van der Waals surface area contributed by atoms with Crippen molar-refractivity contribution in [3.63, 3.8) is 0 Å². The maximum absolute atomic E-state index is 5.82. The Morgan fingerprint density at radius 3 is 2.26 bits per heavy atom. The van der Waals surface area contributed by atoms with Crippen molar-refractivity contribution >= 4 is 0 Å². The Morgan fingerprint density at radius 2 is 1.68 bits per heavy atom. The molecule has 0 fully saturated rings. The Morgan fingerprint density at radius 1 is 1.00 bits per heavy atom. The summed E-state index contributed by atoms with van der Waals surface area (Å²) in [7, 11) is 1.64. The van der Waals surface area contributed by atoms with Crippen molar-refractivity contribution in [2.75, 3.05) is 7.11 Å². The van der Waals surface area contributed by atoms with E-state index in [-0.39, 0.29) is 6.04 Å². The first-order chi connectivity index (χ1) is 9.10. The zero-order valence-electron chi connectivity index (χ0n) is 11.5. The van der Waals surface area contributed by atoms with Gasteiger partial charge in [0.05, 0.1) is 7.11 Å². The van der Waals surface area contributed by atoms with Gasteiger partial charge < -0.3 is 15.2 Å². The van der Waals surface area contributed by atoms with E-state index in [9.17, 15) is 0 Å². The van der Waals surface area contributed by atoms with Gasteiger partial charge in [0.2, 0.25) is 0 Å². The molecule has 0 heterocycles. The van der Waals surface area contributed by atoms with Crippen molar-refractivity contribution in [3.05, 3.63) is 53.6 Å². The van der Waals surface area contributed by atoms with Gasteiger partial charge in [-0.05, 0) is 49.2 Å². The van der Waals surface area contributed by atoms with Crippen LogP contribution in [0.1, 0.15) is 24.1 Å². The summed E-state index contributed by atoms with van der Waals surface area (Å²) in [6, 6.07) is 13.7. The van der Waals surface area contributed by atoms with Gasteiger partial charge in [0.25, 0.3) is 0 Å². The molecule has 0 amide bonds. The van der Waals surface area contributed by atoms with E-state index in [1.165, 1.54) is 0 Å². The Hall–Kier alpha value is -2.00. The van der Waals surface area contributed by atoms with Gasteiger partial charge in [0.15, 0.2) is 11.5 Å². The minimum absolute atomic E-state index is 0.0305. The SMILES string of the molecule is COc1cc(C)ccc1Oc1ccc(C(C)N)cc1. The molecule has 2 rings (SSSR count). The molecule has 1 unspecified atom stereocenters. The van der Waals surface area contributed by atoms with Crippen LogP contribution < -0.4 is 15.2 Å². The molecule has 3 nitrogen and oxygen atoms in total. The average molecular weight is 257 g/mol. The zero-order valence-corrected chi connectivity index (χ0v) is 11.5. The number of methoxy groups -OCH3 is 1. The van der Waals surface area contributed by atoms with Crippen LogP contribution in [0.5, 0.6) is 17.2 Å². The highest BCUT2D eigenvalue weighted by Gasteiger charge is 2.06. The molecule has 2 N–H and O–H groups in total. The van der Waals surface area contributed by atoms with Crippen LogP contribution in [0.25, 0.3) is 0 Å². The van der Waals surface area contributed by atoms with Gasteiger partial charge in [-0.25, -0.2) is 0 Å². The third-order valence-corrected chi connectivity index (χ3v) is 2.95. The minimum Gasteiger partial charge on any atom is -0.493 e. The van der Waals surface area contributed by atoms with Crippen LogP contribution in [-0.2, 0) is 0 Å². The molecular formula is C16H19NO2. The lowest BCUT2D eigenvalue weighted by Gasteiger charge is -2.12. The first kappa shape index (κ1) is 13.4. The lowest BCUT2D eigenvalue weighted by Crippen LogP contribution is -2.04. The number of ether oxygens (including phenoxy) is 2. The Kier molecular flexibility index (Phi) is 4.07. The fourth-order valence-electron chi connectivity index (χ4n) is 1.83. The largest absolute Gasteiger partial charge is 0.493 e. The average Bonchev–Trinajstić information content (AvgIpc) is 2.41. The Balaban J connectivity index is 2.21. The predicted molar refractivity (Wildman–Crippen MR) is 76.8 cm³/mol. The Labute approximate surface area is 114 Å². The molecule has 0 aliphatic rings. The molecule has 0 saturated carbocycles. The molecule has 100 valence electrons. The maximum atomic E-state index is 5.82. The molecule has 0 aliphatic carbocycles. The molecule has 0 radical (unpaired) electrons. The molecule has 0 spiro atoms. The van der Waals surface area contributed by atoms with Crippen LogP contribution in [0.3, 0.4) is 0 Å². The molecule has 1 atom stereocenters. The van der Waals surface area contributed by atoms with E-state index in [1.54, 1.807) is 7.11 Å². The summed E-state index contributed by atoms with van der Waals surface area (Å²) in [5.74, 6) is 2.21. The highest BCUT2D eigenvalue weighted by molar-refractivity contribution is 5.45. The molecule has 2 aromatic carbocycles. The third kappa shape index (κ3) is 3.26.